The number of nitrogens with zero attached hydrogens (tertiary/aromatic N) is 3. The zero-order valence-corrected chi connectivity index (χ0v) is 28.3. The molecule has 0 spiro atoms. The van der Waals surface area contributed by atoms with Crippen LogP contribution in [0.5, 0.6) is 5.75 Å². The molecule has 4 aromatic rings. The Kier molecular flexibility index (Phi) is 13.8. The lowest BCUT2D eigenvalue weighted by Gasteiger charge is -2.33. The Bertz CT molecular complexity index is 1650. The summed E-state index contributed by atoms with van der Waals surface area (Å²) in [5.41, 5.74) is 6.25. The van der Waals surface area contributed by atoms with Gasteiger partial charge in [0, 0.05) is 57.1 Å². The first-order chi connectivity index (χ1) is 23.7. The van der Waals surface area contributed by atoms with Gasteiger partial charge < -0.3 is 30.5 Å². The molecule has 3 aromatic carbocycles. The molecule has 0 fully saturated rings. The summed E-state index contributed by atoms with van der Waals surface area (Å²) in [5, 5.41) is 19.9. The number of likely N-dealkylation sites (N-methyl/N-ethyl adjacent to an activating group) is 1. The lowest BCUT2D eigenvalue weighted by Crippen LogP contribution is -2.54. The van der Waals surface area contributed by atoms with Gasteiger partial charge in [-0.25, -0.2) is 9.80 Å². The van der Waals surface area contributed by atoms with Gasteiger partial charge in [-0.15, -0.1) is 0 Å². The molecule has 5 N–H and O–H groups in total. The molecule has 49 heavy (non-hydrogen) atoms. The number of phenolic OH excluding ortho intramolecular Hbond substituents is 1. The maximum absolute atomic E-state index is 14.2. The molecular weight excluding hydrogens is 626 g/mol. The molecule has 4 amide bonds. The van der Waals surface area contributed by atoms with Crippen LogP contribution in [0.2, 0.25) is 0 Å². The Labute approximate surface area is 286 Å². The highest BCUT2D eigenvalue weighted by atomic mass is 16.7. The number of amides is 4. The third-order valence-corrected chi connectivity index (χ3v) is 7.78. The minimum Gasteiger partial charge on any atom is -0.508 e. The smallest absolute Gasteiger partial charge is 0.329 e. The quantitative estimate of drug-likeness (QED) is 0.0833. The number of aromatic hydroxyl groups is 1. The second-order valence-electron chi connectivity index (χ2n) is 11.5. The summed E-state index contributed by atoms with van der Waals surface area (Å²) in [7, 11) is 1.55. The Hall–Kier alpha value is -5.11. The van der Waals surface area contributed by atoms with Crippen molar-refractivity contribution in [2.45, 2.75) is 52.1 Å². The molecule has 0 aliphatic heterocycles. The zero-order chi connectivity index (χ0) is 35.2. The van der Waals surface area contributed by atoms with E-state index in [9.17, 15) is 19.5 Å². The fourth-order valence-corrected chi connectivity index (χ4v) is 5.41. The van der Waals surface area contributed by atoms with Crippen molar-refractivity contribution in [3.05, 3.63) is 102 Å². The SMILES string of the molecule is CCOC(OCC)[C@@H](C)[C@H](NC(=O)C(Cc1ccc(O)cc1)NC(=O)CN(C)NC(=O)NCc1ccccc1)c1cccc2nccnc12. The second-order valence-corrected chi connectivity index (χ2v) is 11.5. The predicted octanol–water partition coefficient (Wildman–Crippen LogP) is 3.60. The number of aromatic nitrogens is 2. The molecule has 0 radical (unpaired) electrons. The third-order valence-electron chi connectivity index (χ3n) is 7.78. The number of phenols is 1. The van der Waals surface area contributed by atoms with Gasteiger partial charge in [-0.3, -0.25) is 25.0 Å². The van der Waals surface area contributed by atoms with E-state index < -0.39 is 36.2 Å². The summed E-state index contributed by atoms with van der Waals surface area (Å²) in [6, 6.07) is 19.3. The average molecular weight is 672 g/mol. The number of hydrazine groups is 1. The number of nitrogens with one attached hydrogen (secondary N) is 4. The molecule has 260 valence electrons. The highest BCUT2D eigenvalue weighted by molar-refractivity contribution is 5.89. The first-order valence-electron chi connectivity index (χ1n) is 16.3. The van der Waals surface area contributed by atoms with E-state index in [1.807, 2.05) is 69.3 Å². The fourth-order valence-electron chi connectivity index (χ4n) is 5.41. The van der Waals surface area contributed by atoms with Crippen LogP contribution in [0.25, 0.3) is 11.0 Å². The molecule has 13 heteroatoms. The van der Waals surface area contributed by atoms with Crippen LogP contribution in [-0.4, -0.2) is 77.1 Å². The molecule has 3 atom stereocenters. The molecule has 0 aliphatic carbocycles. The standard InChI is InChI=1S/C36H45N7O6/c1-5-48-35(49-6-2)24(3)32(28-13-10-14-29-33(28)38-20-19-37-29)41-34(46)30(21-25-15-17-27(44)18-16-25)40-31(45)23-43(4)42-36(47)39-22-26-11-8-7-9-12-26/h7-20,24,30,32,35,44H,5-6,21-23H2,1-4H3,(H,40,45)(H,41,46)(H2,39,42,47)/t24-,30?,32-/m0/s1. The van der Waals surface area contributed by atoms with Gasteiger partial charge in [-0.05, 0) is 43.2 Å². The number of hydrogen-bond acceptors (Lipinski definition) is 9. The van der Waals surface area contributed by atoms with Gasteiger partial charge in [0.2, 0.25) is 11.8 Å². The first kappa shape index (κ1) is 36.7. The van der Waals surface area contributed by atoms with Crippen LogP contribution in [0.3, 0.4) is 0 Å². The van der Waals surface area contributed by atoms with Gasteiger partial charge in [0.25, 0.3) is 0 Å². The van der Waals surface area contributed by atoms with Crippen LogP contribution in [0.15, 0.2) is 85.2 Å². The summed E-state index contributed by atoms with van der Waals surface area (Å²) >= 11 is 0. The maximum Gasteiger partial charge on any atom is 0.329 e. The number of carbonyl (C=O) groups excluding carboxylic acids is 3. The lowest BCUT2D eigenvalue weighted by molar-refractivity contribution is -0.170. The fraction of sp³-hybridized carbons (Fsp3) is 0.361. The summed E-state index contributed by atoms with van der Waals surface area (Å²) < 4.78 is 11.9. The number of para-hydroxylation sites is 1. The average Bonchev–Trinajstić information content (AvgIpc) is 3.10. The Morgan fingerprint density at radius 2 is 1.55 bits per heavy atom. The Morgan fingerprint density at radius 1 is 0.857 bits per heavy atom. The van der Waals surface area contributed by atoms with E-state index in [4.69, 9.17) is 9.47 Å². The van der Waals surface area contributed by atoms with E-state index in [0.717, 1.165) is 11.1 Å². The van der Waals surface area contributed by atoms with Crippen LogP contribution in [0, 0.1) is 5.92 Å². The van der Waals surface area contributed by atoms with E-state index in [0.29, 0.717) is 36.4 Å². The van der Waals surface area contributed by atoms with Crippen molar-refractivity contribution in [3.8, 4) is 5.75 Å². The first-order valence-corrected chi connectivity index (χ1v) is 16.3. The van der Waals surface area contributed by atoms with Crippen molar-refractivity contribution < 1.29 is 29.0 Å². The van der Waals surface area contributed by atoms with E-state index in [2.05, 4.69) is 31.3 Å². The van der Waals surface area contributed by atoms with Crippen LogP contribution < -0.4 is 21.4 Å². The van der Waals surface area contributed by atoms with Crippen LogP contribution in [-0.2, 0) is 32.0 Å². The van der Waals surface area contributed by atoms with E-state index in [1.165, 1.54) is 17.1 Å². The lowest BCUT2D eigenvalue weighted by atomic mass is 9.91. The van der Waals surface area contributed by atoms with Gasteiger partial charge >= 0.3 is 6.03 Å². The minimum absolute atomic E-state index is 0.0795. The van der Waals surface area contributed by atoms with Crippen molar-refractivity contribution >= 4 is 28.9 Å². The number of hydrogen-bond donors (Lipinski definition) is 5. The van der Waals surface area contributed by atoms with E-state index in [1.54, 1.807) is 31.6 Å². The normalized spacial score (nSPS) is 13.1. The Morgan fingerprint density at radius 3 is 2.24 bits per heavy atom. The molecule has 1 aromatic heterocycles. The number of carbonyl (C=O) groups is 3. The predicted molar refractivity (Wildman–Crippen MR) is 185 cm³/mol. The Balaban J connectivity index is 1.54. The summed E-state index contributed by atoms with van der Waals surface area (Å²) in [5.74, 6) is -1.25. The van der Waals surface area contributed by atoms with Gasteiger partial charge in [-0.2, -0.15) is 0 Å². The van der Waals surface area contributed by atoms with Crippen LogP contribution in [0.1, 0.15) is 43.5 Å². The van der Waals surface area contributed by atoms with Crippen molar-refractivity contribution in [2.75, 3.05) is 26.8 Å². The number of fused-ring (bicyclic) bond motifs is 1. The topological polar surface area (TPSA) is 167 Å². The molecule has 0 bridgehead atoms. The molecule has 1 heterocycles. The molecule has 0 saturated carbocycles. The minimum atomic E-state index is -1.02. The molecular formula is C36H45N7O6. The molecule has 0 saturated heterocycles. The van der Waals surface area contributed by atoms with Crippen molar-refractivity contribution in [1.82, 2.24) is 36.4 Å². The van der Waals surface area contributed by atoms with Crippen LogP contribution >= 0.6 is 0 Å². The number of benzene rings is 3. The summed E-state index contributed by atoms with van der Waals surface area (Å²) in [6.07, 6.45) is 2.68. The van der Waals surface area contributed by atoms with Crippen molar-refractivity contribution in [3.63, 3.8) is 0 Å². The zero-order valence-electron chi connectivity index (χ0n) is 28.3. The molecule has 4 rings (SSSR count). The third kappa shape index (κ3) is 11.0. The van der Waals surface area contributed by atoms with E-state index >= 15 is 0 Å². The number of rotatable bonds is 17. The van der Waals surface area contributed by atoms with Gasteiger partial charge in [0.05, 0.1) is 23.6 Å². The number of ether oxygens (including phenoxy) is 2. The maximum atomic E-state index is 14.2. The van der Waals surface area contributed by atoms with Crippen LogP contribution in [0.4, 0.5) is 4.79 Å². The molecule has 1 unspecified atom stereocenters. The second kappa shape index (κ2) is 18.4. The van der Waals surface area contributed by atoms with Gasteiger partial charge in [0.15, 0.2) is 6.29 Å². The largest absolute Gasteiger partial charge is 0.508 e. The molecule has 13 nitrogen and oxygen atoms in total. The number of urea groups is 1. The van der Waals surface area contributed by atoms with Crippen molar-refractivity contribution in [2.24, 2.45) is 5.92 Å². The highest BCUT2D eigenvalue weighted by Gasteiger charge is 2.33. The monoisotopic (exact) mass is 671 g/mol. The highest BCUT2D eigenvalue weighted by Crippen LogP contribution is 2.31. The molecule has 0 aliphatic rings. The van der Waals surface area contributed by atoms with Gasteiger partial charge in [0.1, 0.15) is 11.8 Å². The van der Waals surface area contributed by atoms with Crippen molar-refractivity contribution in [1.29, 1.82) is 0 Å². The van der Waals surface area contributed by atoms with Gasteiger partial charge in [-0.1, -0.05) is 61.5 Å². The van der Waals surface area contributed by atoms with E-state index in [-0.39, 0.29) is 24.6 Å². The summed E-state index contributed by atoms with van der Waals surface area (Å²) in [4.78, 5) is 49.0. The summed E-state index contributed by atoms with van der Waals surface area (Å²) in [6.45, 7) is 6.56.